The van der Waals surface area contributed by atoms with Crippen LogP contribution in [0.3, 0.4) is 0 Å². The SMILES string of the molecule is COc1cccc(Cc2nsc(N(CCC(=O)Nc3ccccc3F)Cc3ccco3)n2)c1. The van der Waals surface area contributed by atoms with Crippen molar-refractivity contribution in [3.8, 4) is 5.75 Å². The van der Waals surface area contributed by atoms with Crippen LogP contribution in [-0.2, 0) is 17.8 Å². The fourth-order valence-corrected chi connectivity index (χ4v) is 3.96. The van der Waals surface area contributed by atoms with Gasteiger partial charge in [-0.15, -0.1) is 0 Å². The summed E-state index contributed by atoms with van der Waals surface area (Å²) in [5.74, 6) is 1.45. The van der Waals surface area contributed by atoms with Gasteiger partial charge in [0.15, 0.2) is 0 Å². The Hall–Kier alpha value is -3.72. The molecule has 0 spiro atoms. The lowest BCUT2D eigenvalue weighted by Crippen LogP contribution is -2.27. The van der Waals surface area contributed by atoms with Crippen molar-refractivity contribution in [1.82, 2.24) is 9.36 Å². The lowest BCUT2D eigenvalue weighted by molar-refractivity contribution is -0.116. The van der Waals surface area contributed by atoms with Crippen molar-refractivity contribution in [3.05, 3.63) is 89.9 Å². The first-order valence-corrected chi connectivity index (χ1v) is 11.2. The Kier molecular flexibility index (Phi) is 7.31. The molecule has 4 rings (SSSR count). The Bertz CT molecular complexity index is 1200. The first kappa shape index (κ1) is 22.5. The predicted octanol–water partition coefficient (Wildman–Crippen LogP) is 4.91. The van der Waals surface area contributed by atoms with Gasteiger partial charge in [-0.05, 0) is 42.0 Å². The highest BCUT2D eigenvalue weighted by Crippen LogP contribution is 2.23. The van der Waals surface area contributed by atoms with Crippen LogP contribution < -0.4 is 15.0 Å². The topological polar surface area (TPSA) is 80.5 Å². The molecule has 0 aliphatic heterocycles. The summed E-state index contributed by atoms with van der Waals surface area (Å²) >= 11 is 1.27. The van der Waals surface area contributed by atoms with Crippen LogP contribution in [0.15, 0.2) is 71.3 Å². The van der Waals surface area contributed by atoms with Crippen molar-refractivity contribution in [1.29, 1.82) is 0 Å². The molecule has 0 saturated carbocycles. The first-order valence-electron chi connectivity index (χ1n) is 10.4. The molecular weight excluding hydrogens is 443 g/mol. The number of para-hydroxylation sites is 1. The minimum Gasteiger partial charge on any atom is -0.497 e. The fraction of sp³-hybridized carbons (Fsp3) is 0.208. The first-order chi connectivity index (χ1) is 16.1. The van der Waals surface area contributed by atoms with Crippen molar-refractivity contribution in [2.75, 3.05) is 23.9 Å². The van der Waals surface area contributed by atoms with E-state index in [2.05, 4.69) is 14.7 Å². The van der Waals surface area contributed by atoms with E-state index >= 15 is 0 Å². The van der Waals surface area contributed by atoms with E-state index in [9.17, 15) is 9.18 Å². The number of methoxy groups -OCH3 is 1. The molecule has 0 aliphatic rings. The van der Waals surface area contributed by atoms with E-state index in [0.29, 0.717) is 30.5 Å². The van der Waals surface area contributed by atoms with E-state index in [0.717, 1.165) is 17.1 Å². The summed E-state index contributed by atoms with van der Waals surface area (Å²) in [7, 11) is 1.63. The van der Waals surface area contributed by atoms with Crippen molar-refractivity contribution < 1.29 is 18.3 Å². The number of aromatic nitrogens is 2. The molecule has 170 valence electrons. The normalized spacial score (nSPS) is 10.7. The summed E-state index contributed by atoms with van der Waals surface area (Å²) in [5, 5.41) is 3.30. The second kappa shape index (κ2) is 10.7. The standard InChI is InChI=1S/C24H23FN4O3S/c1-31-18-7-4-6-17(14-18)15-22-27-24(33-28-22)29(16-19-8-5-13-32-19)12-11-23(30)26-21-10-3-2-9-20(21)25/h2-10,13-14H,11-12,15-16H2,1H3,(H,26,30). The van der Waals surface area contributed by atoms with Gasteiger partial charge >= 0.3 is 0 Å². The van der Waals surface area contributed by atoms with Crippen LogP contribution in [0.4, 0.5) is 15.2 Å². The number of anilines is 2. The van der Waals surface area contributed by atoms with Crippen LogP contribution in [0, 0.1) is 5.82 Å². The second-order valence-electron chi connectivity index (χ2n) is 7.30. The number of carbonyl (C=O) groups is 1. The molecule has 4 aromatic rings. The van der Waals surface area contributed by atoms with Crippen molar-refractivity contribution in [3.63, 3.8) is 0 Å². The zero-order chi connectivity index (χ0) is 23.0. The molecule has 0 unspecified atom stereocenters. The number of benzene rings is 2. The minimum atomic E-state index is -0.468. The van der Waals surface area contributed by atoms with Gasteiger partial charge in [0.25, 0.3) is 0 Å². The van der Waals surface area contributed by atoms with E-state index < -0.39 is 5.82 Å². The zero-order valence-electron chi connectivity index (χ0n) is 18.0. The van der Waals surface area contributed by atoms with Gasteiger partial charge in [0.1, 0.15) is 23.2 Å². The molecule has 0 saturated heterocycles. The summed E-state index contributed by atoms with van der Waals surface area (Å²) in [6.07, 6.45) is 2.32. The number of hydrogen-bond acceptors (Lipinski definition) is 7. The highest BCUT2D eigenvalue weighted by molar-refractivity contribution is 7.09. The second-order valence-corrected chi connectivity index (χ2v) is 8.03. The zero-order valence-corrected chi connectivity index (χ0v) is 18.8. The maximum Gasteiger partial charge on any atom is 0.226 e. The third-order valence-corrected chi connectivity index (χ3v) is 5.72. The summed E-state index contributed by atoms with van der Waals surface area (Å²) in [4.78, 5) is 19.1. The van der Waals surface area contributed by atoms with Gasteiger partial charge in [-0.2, -0.15) is 4.37 Å². The Morgan fingerprint density at radius 3 is 2.85 bits per heavy atom. The number of furan rings is 1. The average molecular weight is 467 g/mol. The molecule has 0 radical (unpaired) electrons. The van der Waals surface area contributed by atoms with Crippen LogP contribution >= 0.6 is 11.5 Å². The number of ether oxygens (including phenoxy) is 1. The van der Waals surface area contributed by atoms with Gasteiger partial charge in [0.05, 0.1) is 25.6 Å². The van der Waals surface area contributed by atoms with E-state index in [4.69, 9.17) is 9.15 Å². The van der Waals surface area contributed by atoms with Crippen LogP contribution in [0.5, 0.6) is 5.75 Å². The number of amides is 1. The Morgan fingerprint density at radius 2 is 2.06 bits per heavy atom. The van der Waals surface area contributed by atoms with Crippen LogP contribution in [0.1, 0.15) is 23.6 Å². The molecule has 0 bridgehead atoms. The van der Waals surface area contributed by atoms with Gasteiger partial charge in [-0.1, -0.05) is 24.3 Å². The molecule has 7 nitrogen and oxygen atoms in total. The number of carbonyl (C=O) groups excluding carboxylic acids is 1. The predicted molar refractivity (Wildman–Crippen MR) is 125 cm³/mol. The fourth-order valence-electron chi connectivity index (χ4n) is 3.25. The number of rotatable bonds is 10. The lowest BCUT2D eigenvalue weighted by Gasteiger charge is -2.20. The van der Waals surface area contributed by atoms with Crippen molar-refractivity contribution in [2.45, 2.75) is 19.4 Å². The molecule has 0 atom stereocenters. The third-order valence-electron chi connectivity index (χ3n) is 4.91. The smallest absolute Gasteiger partial charge is 0.226 e. The van der Waals surface area contributed by atoms with Crippen LogP contribution in [-0.4, -0.2) is 28.9 Å². The number of hydrogen-bond donors (Lipinski definition) is 1. The molecule has 33 heavy (non-hydrogen) atoms. The summed E-state index contributed by atoms with van der Waals surface area (Å²) in [5.41, 5.74) is 1.21. The summed E-state index contributed by atoms with van der Waals surface area (Å²) in [6, 6.07) is 17.5. The maximum atomic E-state index is 13.8. The number of nitrogens with zero attached hydrogens (tertiary/aromatic N) is 3. The Labute approximate surface area is 195 Å². The van der Waals surface area contributed by atoms with Gasteiger partial charge in [-0.25, -0.2) is 9.37 Å². The molecule has 1 amide bonds. The van der Waals surface area contributed by atoms with Crippen molar-refractivity contribution in [2.24, 2.45) is 0 Å². The van der Waals surface area contributed by atoms with Crippen LogP contribution in [0.25, 0.3) is 0 Å². The Balaban J connectivity index is 1.44. The van der Waals surface area contributed by atoms with Gasteiger partial charge in [-0.3, -0.25) is 4.79 Å². The largest absolute Gasteiger partial charge is 0.497 e. The van der Waals surface area contributed by atoms with Gasteiger partial charge < -0.3 is 19.4 Å². The highest BCUT2D eigenvalue weighted by Gasteiger charge is 2.17. The summed E-state index contributed by atoms with van der Waals surface area (Å²) < 4.78 is 29.1. The average Bonchev–Trinajstić information content (AvgIpc) is 3.50. The van der Waals surface area contributed by atoms with E-state index in [1.807, 2.05) is 41.3 Å². The molecule has 2 heterocycles. The number of halogens is 1. The van der Waals surface area contributed by atoms with E-state index in [-0.39, 0.29) is 18.0 Å². The van der Waals surface area contributed by atoms with Crippen molar-refractivity contribution >= 4 is 28.3 Å². The molecule has 1 N–H and O–H groups in total. The van der Waals surface area contributed by atoms with E-state index in [1.165, 1.54) is 23.7 Å². The number of nitrogens with one attached hydrogen (secondary N) is 1. The minimum absolute atomic E-state index is 0.153. The van der Waals surface area contributed by atoms with Gasteiger partial charge in [0.2, 0.25) is 11.0 Å². The highest BCUT2D eigenvalue weighted by atomic mass is 32.1. The molecule has 2 aromatic carbocycles. The maximum absolute atomic E-state index is 13.8. The van der Waals surface area contributed by atoms with E-state index in [1.54, 1.807) is 25.5 Å². The molecule has 0 fully saturated rings. The molecule has 9 heteroatoms. The quantitative estimate of drug-likeness (QED) is 0.358. The Morgan fingerprint density at radius 1 is 1.18 bits per heavy atom. The molecule has 2 aromatic heterocycles. The summed E-state index contributed by atoms with van der Waals surface area (Å²) in [6.45, 7) is 0.808. The van der Waals surface area contributed by atoms with Gasteiger partial charge in [0, 0.05) is 30.9 Å². The monoisotopic (exact) mass is 466 g/mol. The molecule has 0 aliphatic carbocycles. The third kappa shape index (κ3) is 6.17. The molecular formula is C24H23FN4O3S. The lowest BCUT2D eigenvalue weighted by atomic mass is 10.1. The van der Waals surface area contributed by atoms with Crippen LogP contribution in [0.2, 0.25) is 0 Å².